The number of hydrogen-bond donors (Lipinski definition) is 0. The van der Waals surface area contributed by atoms with E-state index in [0.29, 0.717) is 40.3 Å². The Morgan fingerprint density at radius 3 is 0.871 bits per heavy atom. The first-order valence-electron chi connectivity index (χ1n) is 23.1. The Labute approximate surface area is 404 Å². The second kappa shape index (κ2) is 18.2. The summed E-state index contributed by atoms with van der Waals surface area (Å²) in [6.07, 6.45) is 0. The van der Waals surface area contributed by atoms with Crippen molar-refractivity contribution in [2.45, 2.75) is 0 Å². The van der Waals surface area contributed by atoms with Crippen molar-refractivity contribution in [1.82, 2.24) is 29.9 Å². The molecular weight excluding hydrogens is 857 g/mol. The lowest BCUT2D eigenvalue weighted by atomic mass is 9.95. The number of fused-ring (bicyclic) bond motifs is 3. The van der Waals surface area contributed by atoms with Crippen LogP contribution in [0.1, 0.15) is 0 Å². The van der Waals surface area contributed by atoms with Crippen LogP contribution in [0.25, 0.3) is 123 Å². The fraction of sp³-hybridized carbons (Fsp3) is 0. The number of benzene rings is 9. The number of aromatic nitrogens is 6. The fourth-order valence-corrected chi connectivity index (χ4v) is 8.98. The molecule has 328 valence electrons. The van der Waals surface area contributed by atoms with E-state index < -0.39 is 0 Å². The second-order valence-electron chi connectivity index (χ2n) is 17.0. The van der Waals surface area contributed by atoms with Gasteiger partial charge in [0.25, 0.3) is 0 Å². The highest BCUT2D eigenvalue weighted by atomic mass is 16.1. The molecule has 7 heteroatoms. The highest BCUT2D eigenvalue weighted by Gasteiger charge is 2.16. The number of rotatable bonds is 9. The summed E-state index contributed by atoms with van der Waals surface area (Å²) in [5.74, 6) is 3.69. The highest BCUT2D eigenvalue weighted by molar-refractivity contribution is 6.12. The van der Waals surface area contributed by atoms with Crippen molar-refractivity contribution in [3.8, 4) is 102 Å². The lowest BCUT2D eigenvalue weighted by Crippen LogP contribution is -2.00. The van der Waals surface area contributed by atoms with Crippen molar-refractivity contribution in [1.29, 1.82) is 0 Å². The van der Waals surface area contributed by atoms with Crippen LogP contribution in [-0.4, -0.2) is 29.9 Å². The Morgan fingerprint density at radius 2 is 0.486 bits per heavy atom. The average Bonchev–Trinajstić information content (AvgIpc) is 3.57. The molecule has 0 bridgehead atoms. The zero-order valence-electron chi connectivity index (χ0n) is 37.7. The Bertz CT molecular complexity index is 3790. The third-order valence-electron chi connectivity index (χ3n) is 12.6. The van der Waals surface area contributed by atoms with Gasteiger partial charge in [0.05, 0.1) is 0 Å². The third kappa shape index (κ3) is 8.29. The van der Waals surface area contributed by atoms with Crippen LogP contribution in [0.2, 0.25) is 0 Å². The minimum absolute atomic E-state index is 0.0290. The minimum atomic E-state index is -0.0290. The van der Waals surface area contributed by atoms with Gasteiger partial charge in [-0.25, -0.2) is 29.9 Å². The van der Waals surface area contributed by atoms with Crippen LogP contribution >= 0.6 is 0 Å². The standard InChI is InChI=1S/C63H40N6O/c70-57-40-55(44-31-25-41(26-32-44)42-27-33-49(34-28-42)62-66-58(45-15-5-1-6-16-45)64-59(67-62)46-17-7-2-8-18-46)53-38-37-51(39-56(53)52-23-13-14-24-54(52)57)43-29-35-50(36-30-43)63-68-60(47-19-9-3-10-20-47)65-61(69-63)48-21-11-4-12-22-48/h1-40H. The van der Waals surface area contributed by atoms with E-state index in [0.717, 1.165) is 82.9 Å². The van der Waals surface area contributed by atoms with Gasteiger partial charge in [-0.2, -0.15) is 0 Å². The van der Waals surface area contributed by atoms with Crippen molar-refractivity contribution in [2.75, 3.05) is 0 Å². The lowest BCUT2D eigenvalue weighted by molar-refractivity contribution is 1.07. The largest absolute Gasteiger partial charge is 0.289 e. The molecule has 0 saturated carbocycles. The summed E-state index contributed by atoms with van der Waals surface area (Å²) in [6.45, 7) is 0. The molecule has 2 aromatic heterocycles. The van der Waals surface area contributed by atoms with Gasteiger partial charge in [-0.1, -0.05) is 231 Å². The predicted molar refractivity (Wildman–Crippen MR) is 283 cm³/mol. The van der Waals surface area contributed by atoms with Crippen LogP contribution in [0.3, 0.4) is 0 Å². The first-order chi connectivity index (χ1) is 34.6. The third-order valence-corrected chi connectivity index (χ3v) is 12.6. The summed E-state index contributed by atoms with van der Waals surface area (Å²) in [5.41, 5.74) is 11.4. The molecule has 70 heavy (non-hydrogen) atoms. The molecule has 0 spiro atoms. The molecule has 0 aliphatic heterocycles. The van der Waals surface area contributed by atoms with Crippen molar-refractivity contribution in [3.05, 3.63) is 253 Å². The summed E-state index contributed by atoms with van der Waals surface area (Å²) < 4.78 is 0. The Morgan fingerprint density at radius 1 is 0.200 bits per heavy atom. The van der Waals surface area contributed by atoms with Gasteiger partial charge < -0.3 is 0 Å². The van der Waals surface area contributed by atoms with E-state index in [-0.39, 0.29) is 5.43 Å². The van der Waals surface area contributed by atoms with E-state index in [4.69, 9.17) is 29.9 Å². The van der Waals surface area contributed by atoms with Crippen molar-refractivity contribution < 1.29 is 0 Å². The topological polar surface area (TPSA) is 94.4 Å². The van der Waals surface area contributed by atoms with Crippen molar-refractivity contribution >= 4 is 21.5 Å². The van der Waals surface area contributed by atoms with Gasteiger partial charge >= 0.3 is 0 Å². The Kier molecular flexibility index (Phi) is 10.9. The van der Waals surface area contributed by atoms with E-state index in [2.05, 4.69) is 91.0 Å². The molecule has 0 N–H and O–H groups in total. The highest BCUT2D eigenvalue weighted by Crippen LogP contribution is 2.36. The van der Waals surface area contributed by atoms with Gasteiger partial charge in [0, 0.05) is 38.8 Å². The lowest BCUT2D eigenvalue weighted by Gasteiger charge is -2.11. The number of nitrogens with zero attached hydrogens (tertiary/aromatic N) is 6. The van der Waals surface area contributed by atoms with E-state index in [1.54, 1.807) is 6.07 Å². The molecule has 0 atom stereocenters. The van der Waals surface area contributed by atoms with Crippen LogP contribution in [0.4, 0.5) is 0 Å². The van der Waals surface area contributed by atoms with Crippen LogP contribution in [-0.2, 0) is 0 Å². The molecule has 0 aliphatic rings. The van der Waals surface area contributed by atoms with E-state index in [1.165, 1.54) is 0 Å². The van der Waals surface area contributed by atoms with Crippen molar-refractivity contribution in [2.24, 2.45) is 0 Å². The maximum atomic E-state index is 14.0. The molecule has 0 fully saturated rings. The molecule has 12 rings (SSSR count). The van der Waals surface area contributed by atoms with Crippen molar-refractivity contribution in [3.63, 3.8) is 0 Å². The average molecular weight is 897 g/mol. The molecule has 10 aromatic carbocycles. The quantitative estimate of drug-likeness (QED) is 0.142. The molecule has 0 saturated heterocycles. The minimum Gasteiger partial charge on any atom is -0.289 e. The van der Waals surface area contributed by atoms with Gasteiger partial charge in [0.15, 0.2) is 40.4 Å². The van der Waals surface area contributed by atoms with Crippen LogP contribution in [0.5, 0.6) is 0 Å². The smallest absolute Gasteiger partial charge is 0.187 e. The summed E-state index contributed by atoms with van der Waals surface area (Å²) in [4.78, 5) is 43.4. The van der Waals surface area contributed by atoms with Gasteiger partial charge in [0.1, 0.15) is 0 Å². The first-order valence-corrected chi connectivity index (χ1v) is 23.1. The van der Waals surface area contributed by atoms with Crippen LogP contribution in [0, 0.1) is 0 Å². The fourth-order valence-electron chi connectivity index (χ4n) is 8.98. The molecule has 0 unspecified atom stereocenters. The summed E-state index contributed by atoms with van der Waals surface area (Å²) >= 11 is 0. The van der Waals surface area contributed by atoms with Crippen LogP contribution < -0.4 is 5.43 Å². The SMILES string of the molecule is O=c1cc(-c2ccc(-c3ccc(-c4nc(-c5ccccc5)nc(-c5ccccc5)n4)cc3)cc2)c2ccc(-c3ccc(-c4nc(-c5ccccc5)nc(-c5ccccc5)n4)cc3)cc2c2ccccc12. The Balaban J connectivity index is 0.872. The van der Waals surface area contributed by atoms with E-state index >= 15 is 0 Å². The normalized spacial score (nSPS) is 11.2. The maximum absolute atomic E-state index is 14.0. The molecule has 0 amide bonds. The summed E-state index contributed by atoms with van der Waals surface area (Å²) in [5, 5.41) is 3.56. The molecule has 7 nitrogen and oxygen atoms in total. The second-order valence-corrected chi connectivity index (χ2v) is 17.0. The molecule has 2 heterocycles. The van der Waals surface area contributed by atoms with Gasteiger partial charge in [-0.15, -0.1) is 0 Å². The van der Waals surface area contributed by atoms with E-state index in [1.807, 2.05) is 146 Å². The van der Waals surface area contributed by atoms with Gasteiger partial charge in [-0.3, -0.25) is 4.79 Å². The predicted octanol–water partition coefficient (Wildman–Crippen LogP) is 14.7. The van der Waals surface area contributed by atoms with E-state index in [9.17, 15) is 4.79 Å². The number of hydrogen-bond acceptors (Lipinski definition) is 7. The molecule has 12 aromatic rings. The summed E-state index contributed by atoms with van der Waals surface area (Å²) in [7, 11) is 0. The molecule has 0 aliphatic carbocycles. The zero-order chi connectivity index (χ0) is 46.8. The molecule has 0 radical (unpaired) electrons. The zero-order valence-corrected chi connectivity index (χ0v) is 37.7. The summed E-state index contributed by atoms with van der Waals surface area (Å²) in [6, 6.07) is 81.2. The maximum Gasteiger partial charge on any atom is 0.187 e. The molecular formula is C63H40N6O. The monoisotopic (exact) mass is 896 g/mol. The van der Waals surface area contributed by atoms with Gasteiger partial charge in [-0.05, 0) is 61.7 Å². The Hall–Kier alpha value is -9.59. The first kappa shape index (κ1) is 41.8. The van der Waals surface area contributed by atoms with Gasteiger partial charge in [0.2, 0.25) is 0 Å². The van der Waals surface area contributed by atoms with Crippen LogP contribution in [0.15, 0.2) is 247 Å².